The number of rotatable bonds is 7. The van der Waals surface area contributed by atoms with Crippen LogP contribution in [0.2, 0.25) is 0 Å². The minimum Gasteiger partial charge on any atom is -0.383 e. The van der Waals surface area contributed by atoms with Gasteiger partial charge in [0.1, 0.15) is 5.56 Å². The van der Waals surface area contributed by atoms with E-state index in [2.05, 4.69) is 15.5 Å². The largest absolute Gasteiger partial charge is 0.383 e. The molecule has 1 heterocycles. The lowest BCUT2D eigenvalue weighted by atomic mass is 10.1. The van der Waals surface area contributed by atoms with Crippen LogP contribution in [-0.4, -0.2) is 41.9 Å². The van der Waals surface area contributed by atoms with Crippen LogP contribution in [0.1, 0.15) is 5.89 Å². The summed E-state index contributed by atoms with van der Waals surface area (Å²) in [7, 11) is 3.42. The molecule has 0 aliphatic heterocycles. The third kappa shape index (κ3) is 3.61. The Labute approximate surface area is 121 Å². The molecule has 1 atom stereocenters. The summed E-state index contributed by atoms with van der Waals surface area (Å²) in [4.78, 5) is 14.8. The minimum absolute atomic E-state index is 0.0362. The summed E-state index contributed by atoms with van der Waals surface area (Å²) in [6.45, 7) is 0.500. The number of hydrogen-bond acceptors (Lipinski definition) is 7. The van der Waals surface area contributed by atoms with Crippen LogP contribution in [0, 0.1) is 10.1 Å². The van der Waals surface area contributed by atoms with Crippen LogP contribution in [0.5, 0.6) is 0 Å². The summed E-state index contributed by atoms with van der Waals surface area (Å²) in [5.41, 5.74) is 0.289. The number of para-hydroxylation sites is 1. The van der Waals surface area contributed by atoms with E-state index in [1.165, 1.54) is 6.07 Å². The smallest absolute Gasteiger partial charge is 0.280 e. The van der Waals surface area contributed by atoms with Gasteiger partial charge in [-0.25, -0.2) is 0 Å². The molecule has 0 saturated carbocycles. The zero-order valence-corrected chi connectivity index (χ0v) is 11.8. The van der Waals surface area contributed by atoms with E-state index in [0.29, 0.717) is 24.5 Å². The molecule has 8 nitrogen and oxygen atoms in total. The molecule has 1 aromatic carbocycles. The van der Waals surface area contributed by atoms with Crippen molar-refractivity contribution >= 4 is 5.69 Å². The first-order valence-electron chi connectivity index (χ1n) is 6.38. The van der Waals surface area contributed by atoms with Gasteiger partial charge in [0, 0.05) is 25.6 Å². The summed E-state index contributed by atoms with van der Waals surface area (Å²) >= 11 is 0. The quantitative estimate of drug-likeness (QED) is 0.608. The molecular weight excluding hydrogens is 276 g/mol. The van der Waals surface area contributed by atoms with Crippen molar-refractivity contribution in [2.24, 2.45) is 0 Å². The second-order valence-electron chi connectivity index (χ2n) is 4.43. The van der Waals surface area contributed by atoms with Gasteiger partial charge in [-0.05, 0) is 13.1 Å². The van der Waals surface area contributed by atoms with Gasteiger partial charge >= 0.3 is 0 Å². The monoisotopic (exact) mass is 292 g/mol. The topological polar surface area (TPSA) is 103 Å². The van der Waals surface area contributed by atoms with Crippen molar-refractivity contribution in [2.45, 2.75) is 12.5 Å². The van der Waals surface area contributed by atoms with Crippen LogP contribution in [-0.2, 0) is 11.2 Å². The maximum Gasteiger partial charge on any atom is 0.280 e. The molecule has 0 amide bonds. The molecule has 21 heavy (non-hydrogen) atoms. The fraction of sp³-hybridized carbons (Fsp3) is 0.385. The lowest BCUT2D eigenvalue weighted by Crippen LogP contribution is -2.32. The van der Waals surface area contributed by atoms with E-state index in [4.69, 9.17) is 9.26 Å². The maximum atomic E-state index is 11.0. The van der Waals surface area contributed by atoms with Crippen molar-refractivity contribution in [3.05, 3.63) is 40.3 Å². The van der Waals surface area contributed by atoms with Crippen LogP contribution in [0.15, 0.2) is 28.8 Å². The molecule has 8 heteroatoms. The van der Waals surface area contributed by atoms with E-state index >= 15 is 0 Å². The first-order valence-corrected chi connectivity index (χ1v) is 6.38. The number of nitro groups is 1. The molecule has 1 aromatic heterocycles. The number of likely N-dealkylation sites (N-methyl/N-ethyl adjacent to an activating group) is 1. The lowest BCUT2D eigenvalue weighted by molar-refractivity contribution is -0.384. The Morgan fingerprint density at radius 1 is 1.48 bits per heavy atom. The van der Waals surface area contributed by atoms with Gasteiger partial charge in [-0.1, -0.05) is 17.3 Å². The van der Waals surface area contributed by atoms with Crippen molar-refractivity contribution in [3.8, 4) is 11.4 Å². The van der Waals surface area contributed by atoms with Gasteiger partial charge < -0.3 is 14.6 Å². The Morgan fingerprint density at radius 2 is 2.24 bits per heavy atom. The number of nitrogens with one attached hydrogen (secondary N) is 1. The molecule has 0 radical (unpaired) electrons. The zero-order valence-electron chi connectivity index (χ0n) is 11.8. The van der Waals surface area contributed by atoms with Gasteiger partial charge in [-0.2, -0.15) is 4.98 Å². The summed E-state index contributed by atoms with van der Waals surface area (Å²) in [5, 5.41) is 17.9. The number of aromatic nitrogens is 2. The third-order valence-electron chi connectivity index (χ3n) is 3.01. The lowest BCUT2D eigenvalue weighted by Gasteiger charge is -2.11. The fourth-order valence-corrected chi connectivity index (χ4v) is 1.93. The van der Waals surface area contributed by atoms with Crippen LogP contribution < -0.4 is 5.32 Å². The van der Waals surface area contributed by atoms with E-state index in [9.17, 15) is 10.1 Å². The average molecular weight is 292 g/mol. The molecule has 1 N–H and O–H groups in total. The standard InChI is InChI=1S/C13H16N4O4/c1-14-9(8-20-2)7-12-15-13(16-21-12)10-5-3-4-6-11(10)17(18)19/h3-6,9,14H,7-8H2,1-2H3. The van der Waals surface area contributed by atoms with Gasteiger partial charge in [0.25, 0.3) is 5.69 Å². The van der Waals surface area contributed by atoms with Crippen molar-refractivity contribution in [2.75, 3.05) is 20.8 Å². The molecule has 0 bridgehead atoms. The van der Waals surface area contributed by atoms with Gasteiger partial charge in [0.15, 0.2) is 0 Å². The molecule has 0 saturated heterocycles. The Balaban J connectivity index is 2.22. The number of hydrogen-bond donors (Lipinski definition) is 1. The Morgan fingerprint density at radius 3 is 2.90 bits per heavy atom. The normalized spacial score (nSPS) is 12.3. The number of benzene rings is 1. The van der Waals surface area contributed by atoms with Gasteiger partial charge in [-0.3, -0.25) is 10.1 Å². The van der Waals surface area contributed by atoms with Gasteiger partial charge in [-0.15, -0.1) is 0 Å². The minimum atomic E-state index is -0.466. The molecular formula is C13H16N4O4. The van der Waals surface area contributed by atoms with Crippen LogP contribution in [0.25, 0.3) is 11.4 Å². The highest BCUT2D eigenvalue weighted by atomic mass is 16.6. The van der Waals surface area contributed by atoms with E-state index < -0.39 is 4.92 Å². The molecule has 1 unspecified atom stereocenters. The molecule has 112 valence electrons. The molecule has 2 rings (SSSR count). The number of methoxy groups -OCH3 is 1. The van der Waals surface area contributed by atoms with E-state index in [0.717, 1.165) is 0 Å². The third-order valence-corrected chi connectivity index (χ3v) is 3.01. The Hall–Kier alpha value is -2.32. The summed E-state index contributed by atoms with van der Waals surface area (Å²) in [5.74, 6) is 0.615. The van der Waals surface area contributed by atoms with E-state index in [1.807, 2.05) is 7.05 Å². The molecule has 0 aliphatic carbocycles. The summed E-state index contributed by atoms with van der Waals surface area (Å²) in [6.07, 6.45) is 0.484. The van der Waals surface area contributed by atoms with Gasteiger partial charge in [0.2, 0.25) is 11.7 Å². The Bertz CT molecular complexity index is 614. The fourth-order valence-electron chi connectivity index (χ4n) is 1.93. The molecule has 2 aromatic rings. The highest BCUT2D eigenvalue weighted by molar-refractivity contribution is 5.67. The highest BCUT2D eigenvalue weighted by Crippen LogP contribution is 2.27. The molecule has 0 spiro atoms. The first kappa shape index (κ1) is 15.1. The van der Waals surface area contributed by atoms with Crippen molar-refractivity contribution < 1.29 is 14.2 Å². The number of ether oxygens (including phenoxy) is 1. The molecule has 0 fully saturated rings. The molecule has 0 aliphatic rings. The van der Waals surface area contributed by atoms with E-state index in [1.54, 1.807) is 25.3 Å². The van der Waals surface area contributed by atoms with Crippen LogP contribution in [0.3, 0.4) is 0 Å². The van der Waals surface area contributed by atoms with Crippen molar-refractivity contribution in [3.63, 3.8) is 0 Å². The van der Waals surface area contributed by atoms with Gasteiger partial charge in [0.05, 0.1) is 11.5 Å². The maximum absolute atomic E-state index is 11.0. The second kappa shape index (κ2) is 6.91. The van der Waals surface area contributed by atoms with Crippen molar-refractivity contribution in [1.82, 2.24) is 15.5 Å². The summed E-state index contributed by atoms with van der Waals surface area (Å²) < 4.78 is 10.2. The highest BCUT2D eigenvalue weighted by Gasteiger charge is 2.20. The number of nitrogens with zero attached hydrogens (tertiary/aromatic N) is 3. The SMILES string of the molecule is CNC(COC)Cc1nc(-c2ccccc2[N+](=O)[O-])no1. The van der Waals surface area contributed by atoms with Crippen LogP contribution in [0.4, 0.5) is 5.69 Å². The summed E-state index contributed by atoms with van der Waals surface area (Å²) in [6, 6.07) is 6.33. The first-order chi connectivity index (χ1) is 10.2. The second-order valence-corrected chi connectivity index (χ2v) is 4.43. The van der Waals surface area contributed by atoms with Crippen molar-refractivity contribution in [1.29, 1.82) is 0 Å². The number of nitro benzene ring substituents is 1. The van der Waals surface area contributed by atoms with Crippen LogP contribution >= 0.6 is 0 Å². The zero-order chi connectivity index (χ0) is 15.2. The average Bonchev–Trinajstić information content (AvgIpc) is 2.95. The Kier molecular flexibility index (Phi) is 4.96. The predicted molar refractivity (Wildman–Crippen MR) is 74.8 cm³/mol. The predicted octanol–water partition coefficient (Wildman–Crippen LogP) is 1.42. The van der Waals surface area contributed by atoms with E-state index in [-0.39, 0.29) is 17.6 Å².